The minimum atomic E-state index is -5.73. The van der Waals surface area contributed by atoms with Crippen molar-refractivity contribution < 1.29 is 36.2 Å². The monoisotopic (exact) mass is 531 g/mol. The van der Waals surface area contributed by atoms with Crippen molar-refractivity contribution in [2.45, 2.75) is 31.0 Å². The van der Waals surface area contributed by atoms with Gasteiger partial charge in [0.25, 0.3) is 0 Å². The van der Waals surface area contributed by atoms with Gasteiger partial charge in [-0.15, -0.1) is 0 Å². The summed E-state index contributed by atoms with van der Waals surface area (Å²) < 4.78 is 85.9. The second-order valence-electron chi connectivity index (χ2n) is 9.72. The van der Waals surface area contributed by atoms with Crippen molar-refractivity contribution in [2.24, 2.45) is 0 Å². The molecule has 1 saturated heterocycles. The van der Waals surface area contributed by atoms with E-state index in [9.17, 15) is 22.0 Å². The number of hydrogen-bond donors (Lipinski definition) is 0. The van der Waals surface area contributed by atoms with Crippen molar-refractivity contribution in [2.75, 3.05) is 39.5 Å². The molecule has 200 valence electrons. The smallest absolute Gasteiger partial charge is 0.455 e. The molecule has 0 N–H and O–H groups in total. The predicted molar refractivity (Wildman–Crippen MR) is 133 cm³/mol. The van der Waals surface area contributed by atoms with Crippen LogP contribution in [0.15, 0.2) is 54.6 Å². The van der Waals surface area contributed by atoms with Crippen LogP contribution >= 0.6 is 0 Å². The molecule has 0 bridgehead atoms. The van der Waals surface area contributed by atoms with Gasteiger partial charge in [-0.25, -0.2) is 0 Å². The van der Waals surface area contributed by atoms with E-state index in [-0.39, 0.29) is 6.42 Å². The molecule has 1 aliphatic carbocycles. The van der Waals surface area contributed by atoms with E-state index in [0.29, 0.717) is 55.4 Å². The zero-order chi connectivity index (χ0) is 26.7. The van der Waals surface area contributed by atoms with Gasteiger partial charge in [0.1, 0.15) is 24.6 Å². The highest BCUT2D eigenvalue weighted by atomic mass is 19.4. The molecule has 3 aliphatic rings. The van der Waals surface area contributed by atoms with Gasteiger partial charge in [0, 0.05) is 35.3 Å². The van der Waals surface area contributed by atoms with Crippen LogP contribution in [0.4, 0.5) is 22.0 Å². The van der Waals surface area contributed by atoms with Gasteiger partial charge in [0.15, 0.2) is 0 Å². The molecule has 9 heteroatoms. The van der Waals surface area contributed by atoms with Crippen molar-refractivity contribution >= 4 is 16.5 Å². The van der Waals surface area contributed by atoms with Gasteiger partial charge >= 0.3 is 12.1 Å². The number of nitrogens with zero attached hydrogens (tertiary/aromatic N) is 1. The van der Waals surface area contributed by atoms with E-state index in [1.807, 2.05) is 42.5 Å². The molecular weight excluding hydrogens is 505 g/mol. The van der Waals surface area contributed by atoms with E-state index in [1.165, 1.54) is 0 Å². The topological polar surface area (TPSA) is 30.9 Å². The van der Waals surface area contributed by atoms with Crippen LogP contribution in [0, 0.1) is 0 Å². The lowest BCUT2D eigenvalue weighted by Gasteiger charge is -2.39. The Kier molecular flexibility index (Phi) is 5.92. The highest BCUT2D eigenvalue weighted by Crippen LogP contribution is 2.59. The number of alkyl halides is 5. The lowest BCUT2D eigenvalue weighted by Crippen LogP contribution is -2.44. The Bertz CT molecular complexity index is 1430. The Hall–Kier alpha value is -3.17. The van der Waals surface area contributed by atoms with Crippen LogP contribution in [0.1, 0.15) is 30.0 Å². The first-order valence-electron chi connectivity index (χ1n) is 12.6. The Morgan fingerprint density at radius 1 is 0.921 bits per heavy atom. The molecule has 6 rings (SSSR count). The summed E-state index contributed by atoms with van der Waals surface area (Å²) in [6.07, 6.45) is -3.64. The summed E-state index contributed by atoms with van der Waals surface area (Å²) in [6, 6.07) is 14.9. The van der Waals surface area contributed by atoms with E-state index in [0.717, 1.165) is 27.6 Å². The number of benzene rings is 3. The molecular formula is C29H26F5NO3. The third kappa shape index (κ3) is 3.62. The minimum Gasteiger partial charge on any atom is -0.488 e. The van der Waals surface area contributed by atoms with Gasteiger partial charge in [0.2, 0.25) is 0 Å². The molecule has 3 aromatic rings. The molecule has 38 heavy (non-hydrogen) atoms. The van der Waals surface area contributed by atoms with Crippen molar-refractivity contribution in [1.82, 2.24) is 4.90 Å². The van der Waals surface area contributed by atoms with E-state index in [4.69, 9.17) is 14.2 Å². The fraction of sp³-hybridized carbons (Fsp3) is 0.379. The molecule has 1 atom stereocenters. The average molecular weight is 532 g/mol. The lowest BCUT2D eigenvalue weighted by molar-refractivity contribution is -0.304. The normalized spacial score (nSPS) is 21.0. The van der Waals surface area contributed by atoms with Crippen LogP contribution in [-0.2, 0) is 15.1 Å². The van der Waals surface area contributed by atoms with Gasteiger partial charge < -0.3 is 19.1 Å². The maximum atomic E-state index is 14.3. The molecule has 0 radical (unpaired) electrons. The van der Waals surface area contributed by atoms with Crippen molar-refractivity contribution in [1.29, 1.82) is 0 Å². The number of rotatable bonds is 5. The summed E-state index contributed by atoms with van der Waals surface area (Å²) in [7, 11) is 0. The number of fused-ring (bicyclic) bond motifs is 8. The van der Waals surface area contributed by atoms with Crippen LogP contribution in [0.2, 0.25) is 0 Å². The molecule has 0 aromatic heterocycles. The molecule has 1 unspecified atom stereocenters. The minimum absolute atomic E-state index is 0.145. The molecule has 0 saturated carbocycles. The van der Waals surface area contributed by atoms with Gasteiger partial charge in [-0.1, -0.05) is 55.5 Å². The quantitative estimate of drug-likeness (QED) is 0.341. The number of hydrogen-bond acceptors (Lipinski definition) is 4. The zero-order valence-electron chi connectivity index (χ0n) is 20.7. The van der Waals surface area contributed by atoms with Gasteiger partial charge in [-0.2, -0.15) is 22.0 Å². The van der Waals surface area contributed by atoms with E-state index in [2.05, 4.69) is 4.90 Å². The largest absolute Gasteiger partial charge is 0.488 e. The first-order valence-corrected chi connectivity index (χ1v) is 12.6. The molecule has 0 spiro atoms. The average Bonchev–Trinajstić information content (AvgIpc) is 3.22. The van der Waals surface area contributed by atoms with Gasteiger partial charge in [-0.3, -0.25) is 0 Å². The summed E-state index contributed by atoms with van der Waals surface area (Å²) >= 11 is 0. The van der Waals surface area contributed by atoms with Crippen molar-refractivity contribution in [3.8, 4) is 16.9 Å². The summed E-state index contributed by atoms with van der Waals surface area (Å²) in [5.74, 6) is -4.43. The summed E-state index contributed by atoms with van der Waals surface area (Å²) in [4.78, 5) is 2.16. The summed E-state index contributed by atoms with van der Waals surface area (Å²) in [5, 5.41) is 1.68. The molecule has 3 aromatic carbocycles. The second-order valence-corrected chi connectivity index (χ2v) is 9.72. The Morgan fingerprint density at radius 3 is 2.32 bits per heavy atom. The SMILES string of the molecule is CCC1(OCC(F)(F)C(F)(F)F)c2ccccc2-c2c1c1c(c3ccccc23)OCC=C1N1CCOCC1. The highest BCUT2D eigenvalue weighted by Gasteiger charge is 2.59. The predicted octanol–water partition coefficient (Wildman–Crippen LogP) is 6.75. The van der Waals surface area contributed by atoms with Crippen LogP contribution in [-0.4, -0.2) is 56.5 Å². The summed E-state index contributed by atoms with van der Waals surface area (Å²) in [5.41, 5.74) is 2.67. The van der Waals surface area contributed by atoms with Crippen LogP contribution in [0.5, 0.6) is 5.75 Å². The van der Waals surface area contributed by atoms with Gasteiger partial charge in [0.05, 0.1) is 13.2 Å². The van der Waals surface area contributed by atoms with Crippen LogP contribution in [0.3, 0.4) is 0 Å². The van der Waals surface area contributed by atoms with E-state index < -0.39 is 24.3 Å². The summed E-state index contributed by atoms with van der Waals surface area (Å²) in [6.45, 7) is 2.55. The zero-order valence-corrected chi connectivity index (χ0v) is 20.7. The molecule has 2 heterocycles. The lowest BCUT2D eigenvalue weighted by atomic mass is 9.82. The Balaban J connectivity index is 1.66. The highest BCUT2D eigenvalue weighted by molar-refractivity contribution is 6.09. The maximum Gasteiger partial charge on any atom is 0.455 e. The van der Waals surface area contributed by atoms with Crippen molar-refractivity contribution in [3.63, 3.8) is 0 Å². The van der Waals surface area contributed by atoms with Gasteiger partial charge in [-0.05, 0) is 34.6 Å². The molecule has 4 nitrogen and oxygen atoms in total. The Labute approximate surface area is 216 Å². The maximum absolute atomic E-state index is 14.3. The van der Waals surface area contributed by atoms with Crippen LogP contribution < -0.4 is 4.74 Å². The molecule has 0 amide bonds. The van der Waals surface area contributed by atoms with Crippen molar-refractivity contribution in [3.05, 3.63) is 71.3 Å². The third-order valence-electron chi connectivity index (χ3n) is 7.73. The second kappa shape index (κ2) is 8.95. The first-order chi connectivity index (χ1) is 18.2. The Morgan fingerprint density at radius 2 is 1.61 bits per heavy atom. The first kappa shape index (κ1) is 25.1. The standard InChI is InChI=1S/C29H26F5NO3/c1-2-27(38-17-28(30,31)29(32,33)34)21-10-6-5-9-20(21)23-18-7-3-4-8-19(18)26-24(25(23)27)22(11-14-37-26)35-12-15-36-16-13-35/h3-11H,2,12-17H2,1H3. The number of halogens is 5. The van der Waals surface area contributed by atoms with E-state index in [1.54, 1.807) is 19.1 Å². The number of ether oxygens (including phenoxy) is 3. The van der Waals surface area contributed by atoms with E-state index >= 15 is 0 Å². The fourth-order valence-electron chi connectivity index (χ4n) is 5.99. The fourth-order valence-corrected chi connectivity index (χ4v) is 5.99. The third-order valence-corrected chi connectivity index (χ3v) is 7.73. The van der Waals surface area contributed by atoms with Crippen LogP contribution in [0.25, 0.3) is 27.6 Å². The molecule has 1 fully saturated rings. The molecule has 2 aliphatic heterocycles. The number of morpholine rings is 1.